The van der Waals surface area contributed by atoms with Crippen molar-refractivity contribution in [2.45, 2.75) is 26.9 Å². The predicted octanol–water partition coefficient (Wildman–Crippen LogP) is 5.83. The van der Waals surface area contributed by atoms with Gasteiger partial charge in [-0.1, -0.05) is 23.7 Å². The van der Waals surface area contributed by atoms with Gasteiger partial charge in [-0.3, -0.25) is 4.79 Å². The highest BCUT2D eigenvalue weighted by Crippen LogP contribution is 2.37. The zero-order valence-electron chi connectivity index (χ0n) is 18.9. The fourth-order valence-electron chi connectivity index (χ4n) is 3.07. The lowest BCUT2D eigenvalue weighted by Crippen LogP contribution is -2.26. The molecule has 7 nitrogen and oxygen atoms in total. The van der Waals surface area contributed by atoms with Gasteiger partial charge < -0.3 is 19.5 Å². The van der Waals surface area contributed by atoms with Gasteiger partial charge in [-0.15, -0.1) is 11.3 Å². The molecule has 2 aromatic carbocycles. The van der Waals surface area contributed by atoms with Crippen molar-refractivity contribution >= 4 is 45.8 Å². The van der Waals surface area contributed by atoms with Crippen LogP contribution in [0.5, 0.6) is 5.75 Å². The number of carbonyl (C=O) groups excluding carboxylic acids is 3. The summed E-state index contributed by atoms with van der Waals surface area (Å²) in [5, 5.41) is 5.55. The predicted molar refractivity (Wildman–Crippen MR) is 132 cm³/mol. The molecule has 178 valence electrons. The summed E-state index contributed by atoms with van der Waals surface area (Å²) in [4.78, 5) is 37.3. The third-order valence-corrected chi connectivity index (χ3v) is 5.85. The van der Waals surface area contributed by atoms with Crippen molar-refractivity contribution in [2.24, 2.45) is 0 Å². The van der Waals surface area contributed by atoms with Crippen LogP contribution in [0.25, 0.3) is 11.1 Å². The SMILES string of the molecule is CCOC(=O)c1c(-c2ccc(Cl)cc2)csc1NC(=O)c1ccc(O[C@@H](C)C(=O)OCC)cc1. The molecule has 1 atom stereocenters. The first kappa shape index (κ1) is 25.3. The quantitative estimate of drug-likeness (QED) is 0.371. The van der Waals surface area contributed by atoms with Crippen molar-refractivity contribution in [1.29, 1.82) is 0 Å². The summed E-state index contributed by atoms with van der Waals surface area (Å²) < 4.78 is 15.7. The van der Waals surface area contributed by atoms with Crippen LogP contribution in [0.2, 0.25) is 5.02 Å². The Bertz CT molecular complexity index is 1160. The second kappa shape index (κ2) is 11.7. The van der Waals surface area contributed by atoms with E-state index in [9.17, 15) is 14.4 Å². The van der Waals surface area contributed by atoms with E-state index in [2.05, 4.69) is 5.32 Å². The van der Waals surface area contributed by atoms with Gasteiger partial charge in [-0.2, -0.15) is 0 Å². The zero-order valence-corrected chi connectivity index (χ0v) is 20.5. The number of nitrogens with one attached hydrogen (secondary N) is 1. The highest BCUT2D eigenvalue weighted by Gasteiger charge is 2.23. The highest BCUT2D eigenvalue weighted by atomic mass is 35.5. The maximum atomic E-state index is 12.9. The van der Waals surface area contributed by atoms with E-state index in [0.29, 0.717) is 26.9 Å². The first-order valence-corrected chi connectivity index (χ1v) is 11.9. The number of hydrogen-bond acceptors (Lipinski definition) is 7. The number of hydrogen-bond donors (Lipinski definition) is 1. The molecule has 3 aromatic rings. The lowest BCUT2D eigenvalue weighted by Gasteiger charge is -2.13. The molecule has 0 aliphatic heterocycles. The third-order valence-electron chi connectivity index (χ3n) is 4.70. The normalized spacial score (nSPS) is 11.4. The number of amides is 1. The lowest BCUT2D eigenvalue weighted by molar-refractivity contribution is -0.150. The van der Waals surface area contributed by atoms with Gasteiger partial charge in [0, 0.05) is 21.5 Å². The Kier molecular flexibility index (Phi) is 8.67. The molecule has 0 spiro atoms. The van der Waals surface area contributed by atoms with Crippen LogP contribution in [0.1, 0.15) is 41.5 Å². The van der Waals surface area contributed by atoms with Crippen molar-refractivity contribution in [2.75, 3.05) is 18.5 Å². The molecule has 1 heterocycles. The van der Waals surface area contributed by atoms with Crippen LogP contribution in [0.4, 0.5) is 5.00 Å². The van der Waals surface area contributed by atoms with Gasteiger partial charge in [0.1, 0.15) is 16.3 Å². The van der Waals surface area contributed by atoms with Crippen molar-refractivity contribution < 1.29 is 28.6 Å². The summed E-state index contributed by atoms with van der Waals surface area (Å²) in [6, 6.07) is 13.4. The van der Waals surface area contributed by atoms with Gasteiger partial charge in [-0.25, -0.2) is 9.59 Å². The maximum absolute atomic E-state index is 12.9. The molecule has 0 saturated heterocycles. The van der Waals surface area contributed by atoms with E-state index in [1.807, 2.05) is 0 Å². The second-order valence-corrected chi connectivity index (χ2v) is 8.39. The number of rotatable bonds is 9. The van der Waals surface area contributed by atoms with Crippen molar-refractivity contribution in [3.8, 4) is 16.9 Å². The molecule has 0 radical (unpaired) electrons. The Morgan fingerprint density at radius 1 is 0.971 bits per heavy atom. The monoisotopic (exact) mass is 501 g/mol. The molecule has 0 aliphatic rings. The average molecular weight is 502 g/mol. The molecule has 0 bridgehead atoms. The third kappa shape index (κ3) is 6.15. The van der Waals surface area contributed by atoms with Gasteiger partial charge in [0.15, 0.2) is 6.10 Å². The number of thiophene rings is 1. The molecule has 3 rings (SSSR count). The topological polar surface area (TPSA) is 90.9 Å². The average Bonchev–Trinajstić information content (AvgIpc) is 3.23. The van der Waals surface area contributed by atoms with E-state index in [1.54, 1.807) is 74.7 Å². The molecule has 0 aliphatic carbocycles. The summed E-state index contributed by atoms with van der Waals surface area (Å²) in [6.07, 6.45) is -0.774. The minimum Gasteiger partial charge on any atom is -0.479 e. The van der Waals surface area contributed by atoms with Crippen LogP contribution >= 0.6 is 22.9 Å². The van der Waals surface area contributed by atoms with Crippen LogP contribution in [0.3, 0.4) is 0 Å². The van der Waals surface area contributed by atoms with Crippen LogP contribution in [0.15, 0.2) is 53.9 Å². The Morgan fingerprint density at radius 3 is 2.24 bits per heavy atom. The number of anilines is 1. The van der Waals surface area contributed by atoms with Gasteiger partial charge in [0.2, 0.25) is 0 Å². The zero-order chi connectivity index (χ0) is 24.7. The van der Waals surface area contributed by atoms with Crippen molar-refractivity contribution in [3.05, 3.63) is 70.1 Å². The molecular weight excluding hydrogens is 478 g/mol. The number of benzene rings is 2. The van der Waals surface area contributed by atoms with E-state index in [-0.39, 0.29) is 18.8 Å². The largest absolute Gasteiger partial charge is 0.479 e. The second-order valence-electron chi connectivity index (χ2n) is 7.07. The van der Waals surface area contributed by atoms with Crippen molar-refractivity contribution in [3.63, 3.8) is 0 Å². The Hall–Kier alpha value is -3.36. The first-order valence-electron chi connectivity index (χ1n) is 10.6. The number of esters is 2. The van der Waals surface area contributed by atoms with Crippen LogP contribution in [-0.2, 0) is 14.3 Å². The number of halogens is 1. The molecule has 34 heavy (non-hydrogen) atoms. The molecule has 0 fully saturated rings. The van der Waals surface area contributed by atoms with Crippen LogP contribution in [0, 0.1) is 0 Å². The molecular formula is C25H24ClNO6S. The van der Waals surface area contributed by atoms with E-state index in [0.717, 1.165) is 5.56 Å². The highest BCUT2D eigenvalue weighted by molar-refractivity contribution is 7.15. The summed E-state index contributed by atoms with van der Waals surface area (Å²) in [5.74, 6) is -0.976. The summed E-state index contributed by atoms with van der Waals surface area (Å²) >= 11 is 7.21. The first-order chi connectivity index (χ1) is 16.3. The fraction of sp³-hybridized carbons (Fsp3) is 0.240. The van der Waals surface area contributed by atoms with E-state index in [1.165, 1.54) is 11.3 Å². The summed E-state index contributed by atoms with van der Waals surface area (Å²) in [7, 11) is 0. The number of ether oxygens (including phenoxy) is 3. The van der Waals surface area contributed by atoms with E-state index >= 15 is 0 Å². The van der Waals surface area contributed by atoms with Gasteiger partial charge >= 0.3 is 11.9 Å². The molecule has 9 heteroatoms. The van der Waals surface area contributed by atoms with E-state index < -0.39 is 23.9 Å². The minimum absolute atomic E-state index is 0.202. The van der Waals surface area contributed by atoms with Gasteiger partial charge in [0.25, 0.3) is 5.91 Å². The standard InChI is InChI=1S/C25H24ClNO6S/c1-4-31-24(29)15(3)33-19-12-8-17(9-13-19)22(28)27-23-21(25(30)32-5-2)20(14-34-23)16-6-10-18(26)11-7-16/h6-15H,4-5H2,1-3H3,(H,27,28)/t15-/m0/s1. The Labute approximate surface area is 206 Å². The molecule has 0 unspecified atom stereocenters. The number of carbonyl (C=O) groups is 3. The van der Waals surface area contributed by atoms with Crippen molar-refractivity contribution in [1.82, 2.24) is 0 Å². The molecule has 1 aromatic heterocycles. The smallest absolute Gasteiger partial charge is 0.347 e. The Morgan fingerprint density at radius 2 is 1.62 bits per heavy atom. The summed E-state index contributed by atoms with van der Waals surface area (Å²) in [6.45, 7) is 5.49. The molecule has 0 saturated carbocycles. The lowest BCUT2D eigenvalue weighted by atomic mass is 10.0. The minimum atomic E-state index is -0.774. The molecule has 1 N–H and O–H groups in total. The summed E-state index contributed by atoms with van der Waals surface area (Å²) in [5.41, 5.74) is 2.06. The maximum Gasteiger partial charge on any atom is 0.347 e. The van der Waals surface area contributed by atoms with Crippen LogP contribution in [-0.4, -0.2) is 37.2 Å². The van der Waals surface area contributed by atoms with Gasteiger partial charge in [0.05, 0.1) is 13.2 Å². The molecule has 1 amide bonds. The van der Waals surface area contributed by atoms with Crippen LogP contribution < -0.4 is 10.1 Å². The van der Waals surface area contributed by atoms with E-state index in [4.69, 9.17) is 25.8 Å². The Balaban J connectivity index is 1.79. The fourth-order valence-corrected chi connectivity index (χ4v) is 4.15. The van der Waals surface area contributed by atoms with Gasteiger partial charge in [-0.05, 0) is 62.7 Å².